The molecule has 0 amide bonds. The topological polar surface area (TPSA) is 145 Å². The van der Waals surface area contributed by atoms with Crippen LogP contribution in [0.25, 0.3) is 0 Å². The Kier molecular flexibility index (Phi) is 5.40. The summed E-state index contributed by atoms with van der Waals surface area (Å²) in [6.07, 6.45) is -0.905. The first-order valence-corrected chi connectivity index (χ1v) is 7.22. The lowest BCUT2D eigenvalue weighted by atomic mass is 10.2. The number of nitrogens with one attached hydrogen (secondary N) is 1. The zero-order chi connectivity index (χ0) is 16.0. The third kappa shape index (κ3) is 4.55. The molecule has 1 atom stereocenters. The molecule has 8 nitrogen and oxygen atoms in total. The van der Waals surface area contributed by atoms with Crippen LogP contribution in [-0.2, 0) is 19.6 Å². The van der Waals surface area contributed by atoms with Gasteiger partial charge in [-0.2, -0.15) is 9.98 Å². The first-order chi connectivity index (χ1) is 9.77. The van der Waals surface area contributed by atoms with Gasteiger partial charge in [-0.1, -0.05) is 12.1 Å². The summed E-state index contributed by atoms with van der Waals surface area (Å²) < 4.78 is 26.1. The highest BCUT2D eigenvalue weighted by molar-refractivity contribution is 7.89. The summed E-state index contributed by atoms with van der Waals surface area (Å²) in [5.74, 6) is -2.73. The summed E-state index contributed by atoms with van der Waals surface area (Å²) >= 11 is 0. The molecule has 0 aromatic heterocycles. The SMILES string of the molecule is N#Cc1ccccc1S(=O)(=O)NC(CCC(=O)O)C(=O)O. The molecular weight excluding hydrogens is 300 g/mol. The molecule has 0 saturated heterocycles. The first kappa shape index (κ1) is 16.6. The van der Waals surface area contributed by atoms with E-state index in [-0.39, 0.29) is 10.5 Å². The Bertz CT molecular complexity index is 692. The van der Waals surface area contributed by atoms with Gasteiger partial charge in [-0.3, -0.25) is 9.59 Å². The number of carboxylic acids is 2. The van der Waals surface area contributed by atoms with E-state index >= 15 is 0 Å². The van der Waals surface area contributed by atoms with E-state index < -0.39 is 40.8 Å². The fraction of sp³-hybridized carbons (Fsp3) is 0.250. The second-order valence-corrected chi connectivity index (χ2v) is 5.73. The summed E-state index contributed by atoms with van der Waals surface area (Å²) in [4.78, 5) is 21.1. The first-order valence-electron chi connectivity index (χ1n) is 5.74. The van der Waals surface area contributed by atoms with Crippen LogP contribution in [-0.4, -0.2) is 36.6 Å². The van der Waals surface area contributed by atoms with Gasteiger partial charge in [0.25, 0.3) is 0 Å². The molecular formula is C12H12N2O6S. The van der Waals surface area contributed by atoms with Gasteiger partial charge in [-0.25, -0.2) is 8.42 Å². The monoisotopic (exact) mass is 312 g/mol. The van der Waals surface area contributed by atoms with E-state index in [0.717, 1.165) is 6.07 Å². The van der Waals surface area contributed by atoms with E-state index in [2.05, 4.69) is 0 Å². The molecule has 0 bridgehead atoms. The van der Waals surface area contributed by atoms with E-state index in [1.54, 1.807) is 6.07 Å². The van der Waals surface area contributed by atoms with Gasteiger partial charge in [-0.15, -0.1) is 0 Å². The Morgan fingerprint density at radius 2 is 1.90 bits per heavy atom. The number of sulfonamides is 1. The number of hydrogen-bond acceptors (Lipinski definition) is 5. The van der Waals surface area contributed by atoms with Gasteiger partial charge in [-0.05, 0) is 18.6 Å². The van der Waals surface area contributed by atoms with Crippen molar-refractivity contribution in [1.82, 2.24) is 4.72 Å². The van der Waals surface area contributed by atoms with E-state index in [1.165, 1.54) is 18.2 Å². The lowest BCUT2D eigenvalue weighted by Crippen LogP contribution is -2.41. The smallest absolute Gasteiger partial charge is 0.321 e. The fourth-order valence-corrected chi connectivity index (χ4v) is 2.93. The van der Waals surface area contributed by atoms with E-state index in [4.69, 9.17) is 15.5 Å². The second-order valence-electron chi connectivity index (χ2n) is 4.05. The summed E-state index contributed by atoms with van der Waals surface area (Å²) in [5, 5.41) is 26.3. The maximum atomic E-state index is 12.1. The van der Waals surface area contributed by atoms with Crippen LogP contribution in [0.4, 0.5) is 0 Å². The molecule has 0 aliphatic rings. The second kappa shape index (κ2) is 6.83. The van der Waals surface area contributed by atoms with Crippen LogP contribution < -0.4 is 4.72 Å². The molecule has 0 radical (unpaired) electrons. The highest BCUT2D eigenvalue weighted by Crippen LogP contribution is 2.15. The van der Waals surface area contributed by atoms with Gasteiger partial charge < -0.3 is 10.2 Å². The predicted octanol–water partition coefficient (Wildman–Crippen LogP) is 0.155. The molecule has 1 unspecified atom stereocenters. The Hall–Kier alpha value is -2.44. The van der Waals surface area contributed by atoms with Crippen molar-refractivity contribution >= 4 is 22.0 Å². The zero-order valence-corrected chi connectivity index (χ0v) is 11.5. The lowest BCUT2D eigenvalue weighted by molar-refractivity contribution is -0.140. The maximum Gasteiger partial charge on any atom is 0.321 e. The fourth-order valence-electron chi connectivity index (χ4n) is 1.54. The van der Waals surface area contributed by atoms with Crippen molar-refractivity contribution in [1.29, 1.82) is 5.26 Å². The number of aliphatic carboxylic acids is 2. The average molecular weight is 312 g/mol. The summed E-state index contributed by atoms with van der Waals surface area (Å²) in [6, 6.07) is 5.41. The van der Waals surface area contributed by atoms with Gasteiger partial charge in [0.1, 0.15) is 12.1 Å². The number of carboxylic acid groups (broad SMARTS) is 2. The van der Waals surface area contributed by atoms with Crippen LogP contribution in [0.2, 0.25) is 0 Å². The van der Waals surface area contributed by atoms with Crippen molar-refractivity contribution in [2.24, 2.45) is 0 Å². The van der Waals surface area contributed by atoms with Gasteiger partial charge >= 0.3 is 11.9 Å². The molecule has 0 spiro atoms. The average Bonchev–Trinajstić information content (AvgIpc) is 2.42. The number of rotatable bonds is 7. The van der Waals surface area contributed by atoms with Crippen molar-refractivity contribution in [3.05, 3.63) is 29.8 Å². The van der Waals surface area contributed by atoms with Crippen molar-refractivity contribution in [2.75, 3.05) is 0 Å². The van der Waals surface area contributed by atoms with Crippen molar-refractivity contribution in [3.63, 3.8) is 0 Å². The number of nitriles is 1. The summed E-state index contributed by atoms with van der Waals surface area (Å²) in [5.41, 5.74) is -0.132. The highest BCUT2D eigenvalue weighted by atomic mass is 32.2. The minimum atomic E-state index is -4.24. The van der Waals surface area contributed by atoms with Gasteiger partial charge in [0.15, 0.2) is 0 Å². The van der Waals surface area contributed by atoms with Crippen molar-refractivity contribution in [2.45, 2.75) is 23.8 Å². The van der Waals surface area contributed by atoms with Crippen LogP contribution in [0.15, 0.2) is 29.2 Å². The van der Waals surface area contributed by atoms with Crippen molar-refractivity contribution in [3.8, 4) is 6.07 Å². The molecule has 1 rings (SSSR count). The van der Waals surface area contributed by atoms with E-state index in [0.29, 0.717) is 0 Å². The maximum absolute atomic E-state index is 12.1. The molecule has 3 N–H and O–H groups in total. The summed E-state index contributed by atoms with van der Waals surface area (Å²) in [7, 11) is -4.24. The molecule has 1 aromatic rings. The zero-order valence-electron chi connectivity index (χ0n) is 10.7. The number of nitrogens with zero attached hydrogens (tertiary/aromatic N) is 1. The molecule has 0 aliphatic carbocycles. The Morgan fingerprint density at radius 1 is 1.29 bits per heavy atom. The highest BCUT2D eigenvalue weighted by Gasteiger charge is 2.27. The normalized spacial score (nSPS) is 12.3. The van der Waals surface area contributed by atoms with Crippen LogP contribution in [0.3, 0.4) is 0 Å². The number of hydrogen-bond donors (Lipinski definition) is 3. The number of benzene rings is 1. The van der Waals surface area contributed by atoms with Crippen LogP contribution >= 0.6 is 0 Å². The third-order valence-electron chi connectivity index (χ3n) is 2.54. The minimum absolute atomic E-state index is 0.132. The lowest BCUT2D eigenvalue weighted by Gasteiger charge is -2.14. The standard InChI is InChI=1S/C12H12N2O6S/c13-7-8-3-1-2-4-10(8)21(19,20)14-9(12(17)18)5-6-11(15)16/h1-4,9,14H,5-6H2,(H,15,16)(H,17,18). The molecule has 0 heterocycles. The van der Waals surface area contributed by atoms with E-state index in [9.17, 15) is 18.0 Å². The molecule has 0 saturated carbocycles. The minimum Gasteiger partial charge on any atom is -0.481 e. The number of carbonyl (C=O) groups is 2. The van der Waals surface area contributed by atoms with Crippen LogP contribution in [0.1, 0.15) is 18.4 Å². The Labute approximate surface area is 120 Å². The molecule has 1 aromatic carbocycles. The molecule has 0 fully saturated rings. The van der Waals surface area contributed by atoms with Gasteiger partial charge in [0, 0.05) is 6.42 Å². The Balaban J connectivity index is 3.04. The van der Waals surface area contributed by atoms with Gasteiger partial charge in [0.2, 0.25) is 10.0 Å². The quantitative estimate of drug-likeness (QED) is 0.650. The third-order valence-corrected chi connectivity index (χ3v) is 4.07. The Morgan fingerprint density at radius 3 is 2.43 bits per heavy atom. The molecule has 21 heavy (non-hydrogen) atoms. The molecule has 9 heteroatoms. The van der Waals surface area contributed by atoms with Crippen LogP contribution in [0, 0.1) is 11.3 Å². The molecule has 0 aliphatic heterocycles. The predicted molar refractivity (Wildman–Crippen MR) is 69.8 cm³/mol. The van der Waals surface area contributed by atoms with Crippen molar-refractivity contribution < 1.29 is 28.2 Å². The summed E-state index contributed by atoms with van der Waals surface area (Å²) in [6.45, 7) is 0. The largest absolute Gasteiger partial charge is 0.481 e. The van der Waals surface area contributed by atoms with Crippen LogP contribution in [0.5, 0.6) is 0 Å². The van der Waals surface area contributed by atoms with Gasteiger partial charge in [0.05, 0.1) is 10.5 Å². The van der Waals surface area contributed by atoms with E-state index in [1.807, 2.05) is 4.72 Å². The molecule has 112 valence electrons.